The molecular weight excluding hydrogens is 378 g/mol. The van der Waals surface area contributed by atoms with Crippen LogP contribution in [0.3, 0.4) is 0 Å². The average molecular weight is 402 g/mol. The lowest BCUT2D eigenvalue weighted by molar-refractivity contribution is -0.384. The predicted octanol–water partition coefficient (Wildman–Crippen LogP) is 5.27. The van der Waals surface area contributed by atoms with Crippen LogP contribution in [-0.2, 0) is 6.54 Å². The summed E-state index contributed by atoms with van der Waals surface area (Å²) in [4.78, 5) is 25.5. The largest absolute Gasteiger partial charge is 0.322 e. The summed E-state index contributed by atoms with van der Waals surface area (Å²) in [5, 5.41) is 14.0. The molecule has 1 fully saturated rings. The van der Waals surface area contributed by atoms with Crippen molar-refractivity contribution in [3.8, 4) is 0 Å². The van der Waals surface area contributed by atoms with Gasteiger partial charge in [0.2, 0.25) is 0 Å². The zero-order valence-corrected chi connectivity index (χ0v) is 16.6. The SMILES string of the molecule is CN(Cc1ccccc1NC(=O)c1ccc(Cl)c([N+](=O)[O-])c1)C1CCCCC1. The topological polar surface area (TPSA) is 75.5 Å². The van der Waals surface area contributed by atoms with Gasteiger partial charge in [-0.3, -0.25) is 19.8 Å². The van der Waals surface area contributed by atoms with Crippen molar-refractivity contribution in [3.05, 3.63) is 68.7 Å². The predicted molar refractivity (Wildman–Crippen MR) is 111 cm³/mol. The van der Waals surface area contributed by atoms with E-state index in [9.17, 15) is 14.9 Å². The van der Waals surface area contributed by atoms with Crippen LogP contribution in [0.5, 0.6) is 0 Å². The Hall–Kier alpha value is -2.44. The zero-order chi connectivity index (χ0) is 20.1. The van der Waals surface area contributed by atoms with Crippen LogP contribution in [0.1, 0.15) is 48.0 Å². The van der Waals surface area contributed by atoms with E-state index in [0.717, 1.165) is 12.1 Å². The molecule has 0 saturated heterocycles. The summed E-state index contributed by atoms with van der Waals surface area (Å²) in [6, 6.07) is 12.3. The van der Waals surface area contributed by atoms with Crippen molar-refractivity contribution in [2.45, 2.75) is 44.7 Å². The fourth-order valence-corrected chi connectivity index (χ4v) is 3.87. The minimum Gasteiger partial charge on any atom is -0.322 e. The maximum atomic E-state index is 12.6. The normalized spacial score (nSPS) is 14.8. The van der Waals surface area contributed by atoms with Gasteiger partial charge in [0.1, 0.15) is 5.02 Å². The van der Waals surface area contributed by atoms with Gasteiger partial charge < -0.3 is 5.32 Å². The first kappa shape index (κ1) is 20.3. The van der Waals surface area contributed by atoms with Crippen molar-refractivity contribution in [1.29, 1.82) is 0 Å². The molecule has 0 heterocycles. The third-order valence-electron chi connectivity index (χ3n) is 5.29. The lowest BCUT2D eigenvalue weighted by atomic mass is 9.94. The average Bonchev–Trinajstić information content (AvgIpc) is 2.70. The number of benzene rings is 2. The molecule has 148 valence electrons. The van der Waals surface area contributed by atoms with Gasteiger partial charge in [0.25, 0.3) is 11.6 Å². The molecule has 1 N–H and O–H groups in total. The molecule has 0 aromatic heterocycles. The lowest BCUT2D eigenvalue weighted by Crippen LogP contribution is -2.33. The Kier molecular flexibility index (Phi) is 6.65. The van der Waals surface area contributed by atoms with E-state index in [1.165, 1.54) is 50.3 Å². The maximum Gasteiger partial charge on any atom is 0.288 e. The number of carbonyl (C=O) groups is 1. The van der Waals surface area contributed by atoms with Crippen LogP contribution in [0, 0.1) is 10.1 Å². The number of nitrogens with one attached hydrogen (secondary N) is 1. The second kappa shape index (κ2) is 9.17. The van der Waals surface area contributed by atoms with Crippen molar-refractivity contribution >= 4 is 28.9 Å². The standard InChI is InChI=1S/C21H24ClN3O3/c1-24(17-8-3-2-4-9-17)14-16-7-5-6-10-19(16)23-21(26)15-11-12-18(22)20(13-15)25(27)28/h5-7,10-13,17H,2-4,8-9,14H2,1H3,(H,23,26). The van der Waals surface area contributed by atoms with E-state index in [1.54, 1.807) is 0 Å². The first-order valence-corrected chi connectivity index (χ1v) is 9.87. The quantitative estimate of drug-likeness (QED) is 0.528. The minimum absolute atomic E-state index is 0.0102. The molecule has 1 aliphatic rings. The van der Waals surface area contributed by atoms with Gasteiger partial charge in [-0.25, -0.2) is 0 Å². The summed E-state index contributed by atoms with van der Waals surface area (Å²) in [5.41, 5.74) is 1.66. The Morgan fingerprint density at radius 3 is 2.64 bits per heavy atom. The number of halogens is 1. The summed E-state index contributed by atoms with van der Waals surface area (Å²) in [6.07, 6.45) is 6.26. The highest BCUT2D eigenvalue weighted by Crippen LogP contribution is 2.27. The van der Waals surface area contributed by atoms with Crippen LogP contribution in [-0.4, -0.2) is 28.8 Å². The number of hydrogen-bond acceptors (Lipinski definition) is 4. The first-order chi connectivity index (χ1) is 13.5. The molecule has 0 aliphatic heterocycles. The van der Waals surface area contributed by atoms with Crippen LogP contribution in [0.2, 0.25) is 5.02 Å². The Balaban J connectivity index is 1.75. The van der Waals surface area contributed by atoms with Gasteiger partial charge >= 0.3 is 0 Å². The van der Waals surface area contributed by atoms with E-state index in [2.05, 4.69) is 17.3 Å². The minimum atomic E-state index is -0.591. The molecule has 6 nitrogen and oxygen atoms in total. The van der Waals surface area contributed by atoms with E-state index in [4.69, 9.17) is 11.6 Å². The molecule has 0 spiro atoms. The molecular formula is C21H24ClN3O3. The highest BCUT2D eigenvalue weighted by atomic mass is 35.5. The number of carbonyl (C=O) groups excluding carboxylic acids is 1. The monoisotopic (exact) mass is 401 g/mol. The Labute approximate surface area is 169 Å². The summed E-state index contributed by atoms with van der Waals surface area (Å²) in [7, 11) is 2.12. The number of amides is 1. The summed E-state index contributed by atoms with van der Waals surface area (Å²) in [6.45, 7) is 0.738. The van der Waals surface area contributed by atoms with E-state index in [0.29, 0.717) is 11.7 Å². The third kappa shape index (κ3) is 4.88. The van der Waals surface area contributed by atoms with Crippen LogP contribution in [0.4, 0.5) is 11.4 Å². The molecule has 28 heavy (non-hydrogen) atoms. The number of nitrogens with zero attached hydrogens (tertiary/aromatic N) is 2. The van der Waals surface area contributed by atoms with Crippen molar-refractivity contribution in [1.82, 2.24) is 4.90 Å². The Morgan fingerprint density at radius 2 is 1.93 bits per heavy atom. The molecule has 0 unspecified atom stereocenters. The highest BCUT2D eigenvalue weighted by Gasteiger charge is 2.20. The number of para-hydroxylation sites is 1. The van der Waals surface area contributed by atoms with E-state index < -0.39 is 10.8 Å². The molecule has 0 bridgehead atoms. The van der Waals surface area contributed by atoms with Gasteiger partial charge in [0, 0.05) is 29.9 Å². The highest BCUT2D eigenvalue weighted by molar-refractivity contribution is 6.32. The summed E-state index contributed by atoms with van der Waals surface area (Å²) < 4.78 is 0. The van der Waals surface area contributed by atoms with Crippen molar-refractivity contribution in [2.24, 2.45) is 0 Å². The third-order valence-corrected chi connectivity index (χ3v) is 5.61. The van der Waals surface area contributed by atoms with Gasteiger partial charge in [0.05, 0.1) is 4.92 Å². The Morgan fingerprint density at radius 1 is 1.21 bits per heavy atom. The van der Waals surface area contributed by atoms with Gasteiger partial charge in [-0.2, -0.15) is 0 Å². The Bertz CT molecular complexity index is 866. The smallest absolute Gasteiger partial charge is 0.288 e. The number of nitro benzene ring substituents is 1. The zero-order valence-electron chi connectivity index (χ0n) is 15.9. The fraction of sp³-hybridized carbons (Fsp3) is 0.381. The van der Waals surface area contributed by atoms with E-state index in [1.807, 2.05) is 24.3 Å². The number of nitro groups is 1. The van der Waals surface area contributed by atoms with Crippen molar-refractivity contribution < 1.29 is 9.72 Å². The van der Waals surface area contributed by atoms with Gasteiger partial charge in [-0.1, -0.05) is 49.1 Å². The lowest BCUT2D eigenvalue weighted by Gasteiger charge is -2.31. The van der Waals surface area contributed by atoms with Crippen LogP contribution < -0.4 is 5.32 Å². The number of hydrogen-bond donors (Lipinski definition) is 1. The fourth-order valence-electron chi connectivity index (χ4n) is 3.69. The number of rotatable bonds is 6. The van der Waals surface area contributed by atoms with Gasteiger partial charge in [0.15, 0.2) is 0 Å². The van der Waals surface area contributed by atoms with Crippen molar-refractivity contribution in [3.63, 3.8) is 0 Å². The summed E-state index contributed by atoms with van der Waals surface area (Å²) >= 11 is 5.83. The van der Waals surface area contributed by atoms with Gasteiger partial charge in [-0.15, -0.1) is 0 Å². The van der Waals surface area contributed by atoms with Crippen molar-refractivity contribution in [2.75, 3.05) is 12.4 Å². The van der Waals surface area contributed by atoms with Crippen LogP contribution >= 0.6 is 11.6 Å². The molecule has 7 heteroatoms. The van der Waals surface area contributed by atoms with E-state index in [-0.39, 0.29) is 16.3 Å². The van der Waals surface area contributed by atoms with Gasteiger partial charge in [-0.05, 0) is 43.7 Å². The summed E-state index contributed by atoms with van der Waals surface area (Å²) in [5.74, 6) is -0.396. The molecule has 3 rings (SSSR count). The van der Waals surface area contributed by atoms with E-state index >= 15 is 0 Å². The second-order valence-corrected chi connectivity index (χ2v) is 7.65. The molecule has 2 aromatic rings. The maximum absolute atomic E-state index is 12.6. The first-order valence-electron chi connectivity index (χ1n) is 9.49. The van der Waals surface area contributed by atoms with Crippen LogP contribution in [0.15, 0.2) is 42.5 Å². The molecule has 0 radical (unpaired) electrons. The molecule has 1 amide bonds. The molecule has 1 saturated carbocycles. The number of anilines is 1. The van der Waals surface area contributed by atoms with Crippen LogP contribution in [0.25, 0.3) is 0 Å². The second-order valence-electron chi connectivity index (χ2n) is 7.24. The molecule has 0 atom stereocenters. The molecule has 1 aliphatic carbocycles. The molecule has 2 aromatic carbocycles.